The number of carbonyl (C=O) groups is 1. The van der Waals surface area contributed by atoms with E-state index in [0.29, 0.717) is 34.9 Å². The van der Waals surface area contributed by atoms with Crippen molar-refractivity contribution in [1.29, 1.82) is 0 Å². The van der Waals surface area contributed by atoms with Gasteiger partial charge < -0.3 is 5.32 Å². The zero-order valence-electron chi connectivity index (χ0n) is 20.4. The van der Waals surface area contributed by atoms with Gasteiger partial charge >= 0.3 is 0 Å². The topological polar surface area (TPSA) is 101 Å². The molecule has 1 saturated carbocycles. The van der Waals surface area contributed by atoms with Gasteiger partial charge in [0.25, 0.3) is 5.92 Å². The summed E-state index contributed by atoms with van der Waals surface area (Å²) in [7, 11) is -3.62. The number of ketones is 1. The van der Waals surface area contributed by atoms with Crippen molar-refractivity contribution in [3.63, 3.8) is 0 Å². The highest BCUT2D eigenvalue weighted by molar-refractivity contribution is 8.14. The summed E-state index contributed by atoms with van der Waals surface area (Å²) in [6.45, 7) is 5.90. The van der Waals surface area contributed by atoms with Crippen molar-refractivity contribution in [1.82, 2.24) is 4.98 Å². The first-order chi connectivity index (χ1) is 16.7. The quantitative estimate of drug-likeness (QED) is 0.544. The minimum Gasteiger partial charge on any atom is -0.353 e. The third-order valence-corrected chi connectivity index (χ3v) is 8.87. The van der Waals surface area contributed by atoms with Crippen molar-refractivity contribution < 1.29 is 22.0 Å². The van der Waals surface area contributed by atoms with Crippen LogP contribution in [0.5, 0.6) is 0 Å². The second-order valence-electron chi connectivity index (χ2n) is 10.3. The first-order valence-electron chi connectivity index (χ1n) is 11.5. The maximum Gasteiger partial charge on any atom is 0.258 e. The number of rotatable bonds is 7. The molecule has 1 atom stereocenters. The van der Waals surface area contributed by atoms with Crippen molar-refractivity contribution in [2.45, 2.75) is 56.4 Å². The van der Waals surface area contributed by atoms with Gasteiger partial charge in [0.15, 0.2) is 9.84 Å². The zero-order chi connectivity index (χ0) is 26.0. The molecular formula is C25H26F2N4O3S2. The summed E-state index contributed by atoms with van der Waals surface area (Å²) in [5.74, 6) is -3.93. The van der Waals surface area contributed by atoms with Gasteiger partial charge in [-0.05, 0) is 39.0 Å². The molecule has 2 aromatic rings. The second-order valence-corrected chi connectivity index (χ2v) is 13.2. The molecule has 190 valence electrons. The lowest BCUT2D eigenvalue weighted by Gasteiger charge is -2.16. The summed E-state index contributed by atoms with van der Waals surface area (Å²) < 4.78 is 52.3. The van der Waals surface area contributed by atoms with E-state index in [1.807, 2.05) is 26.8 Å². The van der Waals surface area contributed by atoms with Crippen LogP contribution in [0.1, 0.15) is 44.1 Å². The summed E-state index contributed by atoms with van der Waals surface area (Å²) in [5.41, 5.74) is 3.69. The molecule has 1 N–H and O–H groups in total. The fourth-order valence-electron chi connectivity index (χ4n) is 4.36. The van der Waals surface area contributed by atoms with Gasteiger partial charge in [0.05, 0.1) is 44.2 Å². The van der Waals surface area contributed by atoms with E-state index in [1.54, 1.807) is 30.0 Å². The number of carbonyl (C=O) groups excluding carboxylic acids is 1. The van der Waals surface area contributed by atoms with Crippen LogP contribution in [0.15, 0.2) is 39.1 Å². The number of nitrogens with zero attached hydrogens (tertiary/aromatic N) is 3. The molecule has 0 radical (unpaired) electrons. The number of aromatic nitrogens is 1. The van der Waals surface area contributed by atoms with Crippen LogP contribution in [0.25, 0.3) is 0 Å². The SMILES string of the molecule is CC1=Nc2c(Nc3ccc(C4=NC(C)(C)CS4)cc3S(C)(=O)=O)cc(CC(=O)[C@H]3CC3(F)F)nc2C1. The van der Waals surface area contributed by atoms with E-state index >= 15 is 0 Å². The Labute approximate surface area is 212 Å². The number of anilines is 2. The van der Waals surface area contributed by atoms with Gasteiger partial charge in [0.2, 0.25) is 0 Å². The molecule has 0 unspecified atom stereocenters. The van der Waals surface area contributed by atoms with Crippen molar-refractivity contribution in [2.24, 2.45) is 15.9 Å². The molecule has 1 aliphatic carbocycles. The summed E-state index contributed by atoms with van der Waals surface area (Å²) in [6, 6.07) is 6.72. The van der Waals surface area contributed by atoms with Crippen molar-refractivity contribution >= 4 is 55.2 Å². The first-order valence-corrected chi connectivity index (χ1v) is 14.4. The molecule has 36 heavy (non-hydrogen) atoms. The number of alkyl halides is 2. The van der Waals surface area contributed by atoms with Crippen molar-refractivity contribution in [3.05, 3.63) is 41.2 Å². The Hall–Kier alpha value is -2.66. The van der Waals surface area contributed by atoms with E-state index in [4.69, 9.17) is 4.99 Å². The van der Waals surface area contributed by atoms with Crippen LogP contribution in [0.3, 0.4) is 0 Å². The Bertz CT molecular complexity index is 1470. The highest BCUT2D eigenvalue weighted by Crippen LogP contribution is 2.49. The highest BCUT2D eigenvalue weighted by atomic mass is 32.2. The third-order valence-electron chi connectivity index (χ3n) is 6.28. The van der Waals surface area contributed by atoms with Gasteiger partial charge in [-0.2, -0.15) is 0 Å². The summed E-state index contributed by atoms with van der Waals surface area (Å²) in [6.07, 6.45) is 0.973. The Kier molecular flexibility index (Phi) is 5.86. The molecule has 11 heteroatoms. The van der Waals surface area contributed by atoms with Crippen LogP contribution < -0.4 is 5.32 Å². The van der Waals surface area contributed by atoms with E-state index in [0.717, 1.165) is 28.3 Å². The van der Waals surface area contributed by atoms with Crippen LogP contribution in [0.4, 0.5) is 25.8 Å². The average Bonchev–Trinajstić information content (AvgIpc) is 3.05. The number of aliphatic imine (C=N–C) groups is 2. The van der Waals surface area contributed by atoms with Crippen LogP contribution in [0, 0.1) is 5.92 Å². The van der Waals surface area contributed by atoms with Gasteiger partial charge in [-0.25, -0.2) is 17.2 Å². The largest absolute Gasteiger partial charge is 0.353 e. The van der Waals surface area contributed by atoms with Gasteiger partial charge in [-0.15, -0.1) is 11.8 Å². The summed E-state index contributed by atoms with van der Waals surface area (Å²) >= 11 is 1.59. The van der Waals surface area contributed by atoms with Crippen LogP contribution in [-0.4, -0.2) is 53.4 Å². The fraction of sp³-hybridized carbons (Fsp3) is 0.440. The highest BCUT2D eigenvalue weighted by Gasteiger charge is 2.60. The number of Topliss-reactive ketones (excluding diaryl/α,β-unsaturated/α-hetero) is 1. The minimum absolute atomic E-state index is 0.104. The molecule has 0 amide bonds. The van der Waals surface area contributed by atoms with Crippen LogP contribution >= 0.6 is 11.8 Å². The molecule has 2 aliphatic heterocycles. The fourth-order valence-corrected chi connectivity index (χ4v) is 6.38. The minimum atomic E-state index is -3.62. The van der Waals surface area contributed by atoms with Gasteiger partial charge in [-0.1, -0.05) is 6.07 Å². The molecule has 3 heterocycles. The Balaban J connectivity index is 1.51. The second kappa shape index (κ2) is 8.44. The average molecular weight is 533 g/mol. The summed E-state index contributed by atoms with van der Waals surface area (Å²) in [5, 5.41) is 3.97. The predicted molar refractivity (Wildman–Crippen MR) is 138 cm³/mol. The van der Waals surface area contributed by atoms with Crippen LogP contribution in [0.2, 0.25) is 0 Å². The number of thioether (sulfide) groups is 1. The number of hydrogen-bond acceptors (Lipinski definition) is 8. The standard InChI is InChI=1S/C25H26F2N4O3S2/c1-13-7-18-22(28-13)19(9-15(29-18)10-20(32)16-11-25(16,26)27)30-17-6-5-14(8-21(17)36(4,33)34)23-31-24(2,3)12-35-23/h5-6,8-9,16H,7,10-12H2,1-4H3,(H,29,30)/t16-/m1/s1. The molecule has 7 nitrogen and oxygen atoms in total. The normalized spacial score (nSPS) is 21.6. The Morgan fingerprint density at radius 1 is 1.22 bits per heavy atom. The third kappa shape index (κ3) is 4.95. The smallest absolute Gasteiger partial charge is 0.258 e. The van der Waals surface area contributed by atoms with Crippen molar-refractivity contribution in [2.75, 3.05) is 17.3 Å². The van der Waals surface area contributed by atoms with E-state index in [2.05, 4.69) is 15.3 Å². The number of nitrogens with one attached hydrogen (secondary N) is 1. The lowest BCUT2D eigenvalue weighted by molar-refractivity contribution is -0.121. The van der Waals surface area contributed by atoms with Crippen molar-refractivity contribution in [3.8, 4) is 0 Å². The van der Waals surface area contributed by atoms with E-state index in [-0.39, 0.29) is 16.9 Å². The number of benzene rings is 1. The number of fused-ring (bicyclic) bond motifs is 1. The molecule has 1 fully saturated rings. The van der Waals surface area contributed by atoms with Gasteiger partial charge in [-0.3, -0.25) is 19.8 Å². The lowest BCUT2D eigenvalue weighted by atomic mass is 10.1. The molecule has 5 rings (SSSR count). The molecular weight excluding hydrogens is 506 g/mol. The zero-order valence-corrected chi connectivity index (χ0v) is 22.0. The molecule has 1 aromatic carbocycles. The van der Waals surface area contributed by atoms with Gasteiger partial charge in [0.1, 0.15) is 11.5 Å². The number of hydrogen-bond donors (Lipinski definition) is 1. The molecule has 3 aliphatic rings. The van der Waals surface area contributed by atoms with E-state index < -0.39 is 33.9 Å². The predicted octanol–water partition coefficient (Wildman–Crippen LogP) is 4.92. The van der Waals surface area contributed by atoms with Gasteiger partial charge in [0, 0.05) is 42.5 Å². The first kappa shape index (κ1) is 25.0. The van der Waals surface area contributed by atoms with E-state index in [9.17, 15) is 22.0 Å². The molecule has 1 aromatic heterocycles. The Morgan fingerprint density at radius 3 is 2.56 bits per heavy atom. The number of pyridine rings is 1. The van der Waals surface area contributed by atoms with Crippen LogP contribution in [-0.2, 0) is 27.5 Å². The Morgan fingerprint density at radius 2 is 1.94 bits per heavy atom. The molecule has 0 bridgehead atoms. The lowest BCUT2D eigenvalue weighted by Crippen LogP contribution is -2.15. The molecule has 0 saturated heterocycles. The molecule has 0 spiro atoms. The number of halogens is 2. The maximum atomic E-state index is 13.4. The van der Waals surface area contributed by atoms with E-state index in [1.165, 1.54) is 0 Å². The number of sulfone groups is 1. The summed E-state index contributed by atoms with van der Waals surface area (Å²) in [4.78, 5) is 26.2. The maximum absolute atomic E-state index is 13.4. The monoisotopic (exact) mass is 532 g/mol.